The van der Waals surface area contributed by atoms with E-state index in [0.717, 1.165) is 30.0 Å². The van der Waals surface area contributed by atoms with Gasteiger partial charge in [0.1, 0.15) is 17.0 Å². The summed E-state index contributed by atoms with van der Waals surface area (Å²) in [4.78, 5) is 16.6. The van der Waals surface area contributed by atoms with Crippen LogP contribution in [0.4, 0.5) is 0 Å². The lowest BCUT2D eigenvalue weighted by atomic mass is 10.0. The highest BCUT2D eigenvalue weighted by atomic mass is 32.1. The lowest BCUT2D eigenvalue weighted by Crippen LogP contribution is -2.46. The number of carbonyl (C=O) groups excluding carboxylic acids is 1. The number of nitrogens with one attached hydrogen (secondary N) is 2. The third-order valence-corrected chi connectivity index (χ3v) is 4.36. The molecular formula is C14H17N3O2S. The first kappa shape index (κ1) is 13.3. The number of nitrogens with zero attached hydrogens (tertiary/aromatic N) is 1. The largest absolute Gasteiger partial charge is 0.472 e. The molecule has 2 N–H and O–H groups in total. The number of amides is 1. The molecule has 2 aromatic heterocycles. The number of furan rings is 1. The van der Waals surface area contributed by atoms with Crippen molar-refractivity contribution in [1.29, 1.82) is 0 Å². The lowest BCUT2D eigenvalue weighted by Gasteiger charge is -2.28. The van der Waals surface area contributed by atoms with Gasteiger partial charge in [0.25, 0.3) is 5.91 Å². The van der Waals surface area contributed by atoms with Crippen molar-refractivity contribution in [3.8, 4) is 10.6 Å². The van der Waals surface area contributed by atoms with Crippen molar-refractivity contribution in [3.05, 3.63) is 29.7 Å². The number of aromatic nitrogens is 1. The van der Waals surface area contributed by atoms with Crippen LogP contribution >= 0.6 is 11.3 Å². The van der Waals surface area contributed by atoms with E-state index in [1.807, 2.05) is 6.07 Å². The molecule has 1 saturated heterocycles. The van der Waals surface area contributed by atoms with Gasteiger partial charge in [0.2, 0.25) is 0 Å². The third kappa shape index (κ3) is 2.91. The maximum Gasteiger partial charge on any atom is 0.270 e. The van der Waals surface area contributed by atoms with Gasteiger partial charge >= 0.3 is 0 Å². The summed E-state index contributed by atoms with van der Waals surface area (Å²) in [6, 6.07) is 2.53. The van der Waals surface area contributed by atoms with Gasteiger partial charge in [0.15, 0.2) is 0 Å². The van der Waals surface area contributed by atoms with Crippen molar-refractivity contribution in [2.45, 2.75) is 31.8 Å². The number of hydrogen-bond acceptors (Lipinski definition) is 5. The lowest BCUT2D eigenvalue weighted by molar-refractivity contribution is 0.0921. The monoisotopic (exact) mass is 291 g/mol. The van der Waals surface area contributed by atoms with Crippen LogP contribution in [0.1, 0.15) is 30.3 Å². The summed E-state index contributed by atoms with van der Waals surface area (Å²) in [6.07, 6.45) is 5.17. The molecule has 0 aromatic carbocycles. The molecule has 0 bridgehead atoms. The summed E-state index contributed by atoms with van der Waals surface area (Å²) >= 11 is 1.45. The van der Waals surface area contributed by atoms with Crippen molar-refractivity contribution in [1.82, 2.24) is 15.6 Å². The Morgan fingerprint density at radius 3 is 3.25 bits per heavy atom. The van der Waals surface area contributed by atoms with Crippen LogP contribution < -0.4 is 10.6 Å². The van der Waals surface area contributed by atoms with Gasteiger partial charge in [-0.15, -0.1) is 11.3 Å². The van der Waals surface area contributed by atoms with Crippen molar-refractivity contribution in [2.24, 2.45) is 0 Å². The molecule has 0 radical (unpaired) electrons. The number of thiazole rings is 1. The third-order valence-electron chi connectivity index (χ3n) is 3.46. The van der Waals surface area contributed by atoms with Crippen LogP contribution in [0.25, 0.3) is 10.6 Å². The fourth-order valence-electron chi connectivity index (χ4n) is 2.42. The minimum absolute atomic E-state index is 0.0879. The molecule has 6 heteroatoms. The molecule has 5 nitrogen and oxygen atoms in total. The highest BCUT2D eigenvalue weighted by Gasteiger charge is 2.21. The maximum absolute atomic E-state index is 12.2. The van der Waals surface area contributed by atoms with E-state index in [1.165, 1.54) is 11.3 Å². The summed E-state index contributed by atoms with van der Waals surface area (Å²) < 4.78 is 5.03. The highest BCUT2D eigenvalue weighted by molar-refractivity contribution is 7.13. The standard InChI is InChI=1S/C14H17N3O2S/c1-9-6-11(2-4-15-9)16-13(18)12-8-20-14(17-12)10-3-5-19-7-10/h3,5,7-9,11,15H,2,4,6H2,1H3,(H,16,18). The number of rotatable bonds is 3. The van der Waals surface area contributed by atoms with Gasteiger partial charge < -0.3 is 15.1 Å². The minimum atomic E-state index is -0.0879. The molecular weight excluding hydrogens is 274 g/mol. The van der Waals surface area contributed by atoms with Gasteiger partial charge in [0.05, 0.1) is 6.26 Å². The summed E-state index contributed by atoms with van der Waals surface area (Å²) in [7, 11) is 0. The SMILES string of the molecule is CC1CC(NC(=O)c2csc(-c3ccoc3)n2)CCN1. The fraction of sp³-hybridized carbons (Fsp3) is 0.429. The Morgan fingerprint density at radius 1 is 1.60 bits per heavy atom. The van der Waals surface area contributed by atoms with Crippen molar-refractivity contribution in [3.63, 3.8) is 0 Å². The second-order valence-corrected chi connectivity index (χ2v) is 5.96. The number of piperidine rings is 1. The molecule has 20 heavy (non-hydrogen) atoms. The Balaban J connectivity index is 1.65. The zero-order chi connectivity index (χ0) is 13.9. The predicted octanol–water partition coefficient (Wildman–Crippen LogP) is 2.27. The summed E-state index contributed by atoms with van der Waals surface area (Å²) in [5.74, 6) is -0.0879. The summed E-state index contributed by atoms with van der Waals surface area (Å²) in [5.41, 5.74) is 1.39. The summed E-state index contributed by atoms with van der Waals surface area (Å²) in [5, 5.41) is 9.04. The second kappa shape index (κ2) is 5.76. The Hall–Kier alpha value is -1.66. The van der Waals surface area contributed by atoms with Crippen LogP contribution in [0.2, 0.25) is 0 Å². The molecule has 0 spiro atoms. The van der Waals surface area contributed by atoms with Crippen LogP contribution in [0.15, 0.2) is 28.4 Å². The Morgan fingerprint density at radius 2 is 2.50 bits per heavy atom. The average Bonchev–Trinajstić information content (AvgIpc) is 3.10. The molecule has 1 aliphatic rings. The van der Waals surface area contributed by atoms with E-state index in [-0.39, 0.29) is 11.9 Å². The van der Waals surface area contributed by atoms with Gasteiger partial charge in [-0.1, -0.05) is 0 Å². The maximum atomic E-state index is 12.2. The molecule has 1 fully saturated rings. The average molecular weight is 291 g/mol. The quantitative estimate of drug-likeness (QED) is 0.910. The first-order chi connectivity index (χ1) is 9.72. The molecule has 0 saturated carbocycles. The molecule has 1 aliphatic heterocycles. The zero-order valence-corrected chi connectivity index (χ0v) is 12.1. The summed E-state index contributed by atoms with van der Waals surface area (Å²) in [6.45, 7) is 3.08. The topological polar surface area (TPSA) is 67.2 Å². The first-order valence-corrected chi connectivity index (χ1v) is 7.62. The molecule has 1 amide bonds. The molecule has 106 valence electrons. The Kier molecular flexibility index (Phi) is 3.84. The molecule has 0 aliphatic carbocycles. The van der Waals surface area contributed by atoms with E-state index < -0.39 is 0 Å². The molecule has 2 unspecified atom stereocenters. The number of carbonyl (C=O) groups is 1. The van der Waals surface area contributed by atoms with Crippen molar-refractivity contribution >= 4 is 17.2 Å². The van der Waals surface area contributed by atoms with Gasteiger partial charge in [-0.05, 0) is 32.4 Å². The molecule has 2 aromatic rings. The van der Waals surface area contributed by atoms with Crippen LogP contribution in [-0.4, -0.2) is 29.5 Å². The van der Waals surface area contributed by atoms with Gasteiger partial charge in [-0.2, -0.15) is 0 Å². The van der Waals surface area contributed by atoms with Gasteiger partial charge in [-0.25, -0.2) is 4.98 Å². The van der Waals surface area contributed by atoms with Crippen molar-refractivity contribution < 1.29 is 9.21 Å². The fourth-order valence-corrected chi connectivity index (χ4v) is 3.21. The van der Waals surface area contributed by atoms with Gasteiger partial charge in [0, 0.05) is 23.0 Å². The van der Waals surface area contributed by atoms with E-state index >= 15 is 0 Å². The predicted molar refractivity (Wildman–Crippen MR) is 77.8 cm³/mol. The van der Waals surface area contributed by atoms with Crippen LogP contribution in [0.3, 0.4) is 0 Å². The van der Waals surface area contributed by atoms with E-state index in [2.05, 4.69) is 22.5 Å². The van der Waals surface area contributed by atoms with Gasteiger partial charge in [-0.3, -0.25) is 4.79 Å². The molecule has 3 heterocycles. The van der Waals surface area contributed by atoms with Crippen LogP contribution in [-0.2, 0) is 0 Å². The van der Waals surface area contributed by atoms with E-state index in [0.29, 0.717) is 11.7 Å². The van der Waals surface area contributed by atoms with Crippen molar-refractivity contribution in [2.75, 3.05) is 6.54 Å². The van der Waals surface area contributed by atoms with E-state index in [4.69, 9.17) is 4.42 Å². The molecule has 3 rings (SSSR count). The smallest absolute Gasteiger partial charge is 0.270 e. The zero-order valence-electron chi connectivity index (χ0n) is 11.3. The number of hydrogen-bond donors (Lipinski definition) is 2. The Bertz CT molecular complexity index is 579. The van der Waals surface area contributed by atoms with E-state index in [9.17, 15) is 4.79 Å². The van der Waals surface area contributed by atoms with E-state index in [1.54, 1.807) is 17.9 Å². The highest BCUT2D eigenvalue weighted by Crippen LogP contribution is 2.24. The Labute approximate surface area is 121 Å². The molecule has 2 atom stereocenters. The second-order valence-electron chi connectivity index (χ2n) is 5.10. The minimum Gasteiger partial charge on any atom is -0.472 e. The van der Waals surface area contributed by atoms with Crippen LogP contribution in [0, 0.1) is 0 Å². The first-order valence-electron chi connectivity index (χ1n) is 6.74. The normalized spacial score (nSPS) is 22.6. The van der Waals surface area contributed by atoms with Crippen LogP contribution in [0.5, 0.6) is 0 Å².